The molecule has 3 nitrogen and oxygen atoms in total. The van der Waals surface area contributed by atoms with Gasteiger partial charge in [0.05, 0.1) is 10.7 Å². The summed E-state index contributed by atoms with van der Waals surface area (Å²) in [5.41, 5.74) is 4.30. The highest BCUT2D eigenvalue weighted by molar-refractivity contribution is 7.80. The lowest BCUT2D eigenvalue weighted by molar-refractivity contribution is 0.926. The van der Waals surface area contributed by atoms with Crippen molar-refractivity contribution in [1.29, 1.82) is 0 Å². The molecule has 1 aromatic heterocycles. The molecule has 0 aliphatic carbocycles. The molecule has 3 aromatic rings. The number of nitrogens with one attached hydrogen (secondary N) is 2. The number of aromatic nitrogens is 1. The number of thiazole rings is 1. The van der Waals surface area contributed by atoms with E-state index in [0.717, 1.165) is 22.0 Å². The van der Waals surface area contributed by atoms with Crippen LogP contribution in [0.15, 0.2) is 60.0 Å². The van der Waals surface area contributed by atoms with E-state index in [2.05, 4.69) is 45.3 Å². The molecular weight excluding hydrogens is 322 g/mol. The molecule has 0 bridgehead atoms. The molecule has 3 rings (SSSR count). The van der Waals surface area contributed by atoms with E-state index in [0.29, 0.717) is 11.7 Å². The third-order valence-electron chi connectivity index (χ3n) is 3.35. The van der Waals surface area contributed by atoms with E-state index in [9.17, 15) is 0 Å². The van der Waals surface area contributed by atoms with Crippen molar-refractivity contribution in [3.05, 3.63) is 70.5 Å². The predicted octanol–water partition coefficient (Wildman–Crippen LogP) is 4.61. The monoisotopic (exact) mass is 339 g/mol. The molecule has 0 aliphatic rings. The van der Waals surface area contributed by atoms with Crippen molar-refractivity contribution >= 4 is 34.4 Å². The summed E-state index contributed by atoms with van der Waals surface area (Å²) >= 11 is 6.99. The summed E-state index contributed by atoms with van der Waals surface area (Å²) in [5, 5.41) is 10.2. The summed E-state index contributed by atoms with van der Waals surface area (Å²) < 4.78 is 0. The van der Waals surface area contributed by atoms with Gasteiger partial charge in [-0.25, -0.2) is 4.98 Å². The lowest BCUT2D eigenvalue weighted by atomic mass is 10.1. The first-order valence-corrected chi connectivity index (χ1v) is 8.61. The Balaban J connectivity index is 1.56. The molecule has 0 spiro atoms. The summed E-state index contributed by atoms with van der Waals surface area (Å²) in [6, 6.07) is 18.3. The molecule has 2 aromatic carbocycles. The molecular formula is C18H17N3S2. The van der Waals surface area contributed by atoms with Gasteiger partial charge in [-0.2, -0.15) is 0 Å². The average Bonchev–Trinajstić information content (AvgIpc) is 3.01. The highest BCUT2D eigenvalue weighted by Gasteiger charge is 2.03. The Morgan fingerprint density at radius 1 is 1.09 bits per heavy atom. The maximum absolute atomic E-state index is 5.33. The third-order valence-corrected chi connectivity index (χ3v) is 4.37. The first-order valence-electron chi connectivity index (χ1n) is 7.32. The normalized spacial score (nSPS) is 10.3. The van der Waals surface area contributed by atoms with Gasteiger partial charge >= 0.3 is 0 Å². The maximum Gasteiger partial charge on any atom is 0.171 e. The zero-order valence-corrected chi connectivity index (χ0v) is 14.4. The van der Waals surface area contributed by atoms with Crippen LogP contribution in [0.25, 0.3) is 11.3 Å². The fourth-order valence-corrected chi connectivity index (χ4v) is 2.99. The van der Waals surface area contributed by atoms with Crippen molar-refractivity contribution in [3.8, 4) is 11.3 Å². The molecule has 0 atom stereocenters. The van der Waals surface area contributed by atoms with Crippen LogP contribution in [0.2, 0.25) is 0 Å². The number of benzene rings is 2. The first-order chi connectivity index (χ1) is 11.2. The highest BCUT2D eigenvalue weighted by atomic mass is 32.1. The lowest BCUT2D eigenvalue weighted by Crippen LogP contribution is -2.27. The van der Waals surface area contributed by atoms with E-state index in [1.807, 2.05) is 37.3 Å². The van der Waals surface area contributed by atoms with Crippen molar-refractivity contribution in [2.24, 2.45) is 0 Å². The molecule has 5 heteroatoms. The summed E-state index contributed by atoms with van der Waals surface area (Å²) in [7, 11) is 0. The Hall–Kier alpha value is -2.24. The number of hydrogen-bond acceptors (Lipinski definition) is 3. The van der Waals surface area contributed by atoms with Crippen molar-refractivity contribution in [2.45, 2.75) is 13.5 Å². The van der Waals surface area contributed by atoms with E-state index >= 15 is 0 Å². The maximum atomic E-state index is 5.33. The first kappa shape index (κ1) is 15.6. The smallest absolute Gasteiger partial charge is 0.171 e. The van der Waals surface area contributed by atoms with Crippen LogP contribution in [0.4, 0.5) is 5.69 Å². The molecule has 0 fully saturated rings. The molecule has 2 N–H and O–H groups in total. The van der Waals surface area contributed by atoms with E-state index in [4.69, 9.17) is 12.2 Å². The van der Waals surface area contributed by atoms with Crippen LogP contribution in [-0.4, -0.2) is 10.1 Å². The van der Waals surface area contributed by atoms with Crippen LogP contribution in [0.3, 0.4) is 0 Å². The van der Waals surface area contributed by atoms with Gasteiger partial charge in [0, 0.05) is 23.2 Å². The molecule has 116 valence electrons. The Morgan fingerprint density at radius 2 is 1.83 bits per heavy atom. The minimum Gasteiger partial charge on any atom is -0.358 e. The van der Waals surface area contributed by atoms with Gasteiger partial charge in [-0.3, -0.25) is 0 Å². The third kappa shape index (κ3) is 4.37. The van der Waals surface area contributed by atoms with E-state index < -0.39 is 0 Å². The van der Waals surface area contributed by atoms with E-state index in [1.54, 1.807) is 11.3 Å². The van der Waals surface area contributed by atoms with Crippen molar-refractivity contribution in [1.82, 2.24) is 10.3 Å². The number of hydrogen-bond donors (Lipinski definition) is 2. The molecule has 0 saturated carbocycles. The Kier molecular flexibility index (Phi) is 5.00. The highest BCUT2D eigenvalue weighted by Crippen LogP contribution is 2.23. The van der Waals surface area contributed by atoms with Crippen LogP contribution in [0.1, 0.15) is 10.6 Å². The van der Waals surface area contributed by atoms with Gasteiger partial charge in [-0.15, -0.1) is 11.3 Å². The second-order valence-electron chi connectivity index (χ2n) is 5.12. The number of rotatable bonds is 4. The summed E-state index contributed by atoms with van der Waals surface area (Å²) in [5.74, 6) is 0. The molecule has 0 radical (unpaired) electrons. The predicted molar refractivity (Wildman–Crippen MR) is 102 cm³/mol. The fourth-order valence-electron chi connectivity index (χ4n) is 2.17. The Morgan fingerprint density at radius 3 is 2.48 bits per heavy atom. The van der Waals surface area contributed by atoms with Crippen LogP contribution in [0, 0.1) is 6.92 Å². The minimum absolute atomic E-state index is 0.617. The van der Waals surface area contributed by atoms with Gasteiger partial charge in [-0.1, -0.05) is 42.5 Å². The molecule has 23 heavy (non-hydrogen) atoms. The Bertz CT molecular complexity index is 780. The molecule has 1 heterocycles. The van der Waals surface area contributed by atoms with Gasteiger partial charge in [-0.05, 0) is 36.8 Å². The number of nitrogens with zero attached hydrogens (tertiary/aromatic N) is 1. The van der Waals surface area contributed by atoms with Crippen LogP contribution in [-0.2, 0) is 6.54 Å². The number of aryl methyl sites for hydroxylation is 1. The largest absolute Gasteiger partial charge is 0.358 e. The molecule has 0 saturated heterocycles. The van der Waals surface area contributed by atoms with Gasteiger partial charge in [0.2, 0.25) is 0 Å². The zero-order valence-electron chi connectivity index (χ0n) is 12.7. The SMILES string of the molecule is Cc1nc(-c2ccc(NC(=S)NCc3ccccc3)cc2)cs1. The number of thiocarbonyl (C=S) groups is 1. The average molecular weight is 339 g/mol. The van der Waals surface area contributed by atoms with Gasteiger partial charge < -0.3 is 10.6 Å². The topological polar surface area (TPSA) is 37.0 Å². The van der Waals surface area contributed by atoms with Gasteiger partial charge in [0.15, 0.2) is 5.11 Å². The second-order valence-corrected chi connectivity index (χ2v) is 6.59. The summed E-state index contributed by atoms with van der Waals surface area (Å²) in [6.07, 6.45) is 0. The Labute approximate surface area is 145 Å². The van der Waals surface area contributed by atoms with Crippen LogP contribution < -0.4 is 10.6 Å². The molecule has 0 unspecified atom stereocenters. The van der Waals surface area contributed by atoms with Crippen LogP contribution >= 0.6 is 23.6 Å². The minimum atomic E-state index is 0.617. The molecule has 0 amide bonds. The molecule has 0 aliphatic heterocycles. The summed E-state index contributed by atoms with van der Waals surface area (Å²) in [6.45, 7) is 2.73. The van der Waals surface area contributed by atoms with Crippen molar-refractivity contribution in [3.63, 3.8) is 0 Å². The van der Waals surface area contributed by atoms with Gasteiger partial charge in [0.25, 0.3) is 0 Å². The quantitative estimate of drug-likeness (QED) is 0.681. The van der Waals surface area contributed by atoms with Crippen molar-refractivity contribution < 1.29 is 0 Å². The standard InChI is InChI=1S/C18H17N3S2/c1-13-20-17(12-23-13)15-7-9-16(10-8-15)21-18(22)19-11-14-5-3-2-4-6-14/h2-10,12H,11H2,1H3,(H2,19,21,22). The van der Waals surface area contributed by atoms with Crippen molar-refractivity contribution in [2.75, 3.05) is 5.32 Å². The van der Waals surface area contributed by atoms with Gasteiger partial charge in [0.1, 0.15) is 0 Å². The van der Waals surface area contributed by atoms with E-state index in [-0.39, 0.29) is 0 Å². The summed E-state index contributed by atoms with van der Waals surface area (Å²) in [4.78, 5) is 4.49. The zero-order chi connectivity index (χ0) is 16.1. The second kappa shape index (κ2) is 7.35. The fraction of sp³-hybridized carbons (Fsp3) is 0.111. The number of anilines is 1. The lowest BCUT2D eigenvalue weighted by Gasteiger charge is -2.11. The van der Waals surface area contributed by atoms with E-state index in [1.165, 1.54) is 5.56 Å². The van der Waals surface area contributed by atoms with Crippen LogP contribution in [0.5, 0.6) is 0 Å².